The normalized spacial score (nSPS) is 21.4. The molecule has 1 amide bonds. The molecule has 1 atom stereocenters. The smallest absolute Gasteiger partial charge is 0.264 e. The summed E-state index contributed by atoms with van der Waals surface area (Å²) in [5, 5.41) is 3.59. The van der Waals surface area contributed by atoms with E-state index in [0.29, 0.717) is 23.3 Å². The van der Waals surface area contributed by atoms with E-state index in [1.807, 2.05) is 36.0 Å². The first-order chi connectivity index (χ1) is 10.8. The van der Waals surface area contributed by atoms with Crippen molar-refractivity contribution in [3.05, 3.63) is 24.3 Å². The van der Waals surface area contributed by atoms with E-state index in [4.69, 9.17) is 14.2 Å². The fourth-order valence-electron chi connectivity index (χ4n) is 2.51. The van der Waals surface area contributed by atoms with Gasteiger partial charge < -0.3 is 19.5 Å². The molecular weight excluding hydrogens is 302 g/mol. The van der Waals surface area contributed by atoms with E-state index in [2.05, 4.69) is 5.32 Å². The summed E-state index contributed by atoms with van der Waals surface area (Å²) in [4.78, 5) is 12.1. The fraction of sp³-hybridized carbons (Fsp3) is 0.562. The van der Waals surface area contributed by atoms with Crippen LogP contribution in [0.5, 0.6) is 11.5 Å². The molecule has 2 aliphatic heterocycles. The number of nitrogens with one attached hydrogen (secondary N) is 1. The van der Waals surface area contributed by atoms with Crippen molar-refractivity contribution in [3.63, 3.8) is 0 Å². The van der Waals surface area contributed by atoms with Gasteiger partial charge in [-0.2, -0.15) is 11.8 Å². The maximum atomic E-state index is 12.1. The van der Waals surface area contributed by atoms with Gasteiger partial charge >= 0.3 is 0 Å². The Morgan fingerprint density at radius 3 is 2.82 bits per heavy atom. The minimum atomic E-state index is -0.567. The number of thioether (sulfide) groups is 1. The summed E-state index contributed by atoms with van der Waals surface area (Å²) in [7, 11) is 0. The lowest BCUT2D eigenvalue weighted by Crippen LogP contribution is -2.44. The number of ether oxygens (including phenoxy) is 3. The fourth-order valence-corrected chi connectivity index (χ4v) is 3.58. The van der Waals surface area contributed by atoms with Crippen molar-refractivity contribution in [2.45, 2.75) is 24.2 Å². The number of benzene rings is 1. The lowest BCUT2D eigenvalue weighted by atomic mass is 10.2. The minimum Gasteiger partial charge on any atom is -0.485 e. The second kappa shape index (κ2) is 7.74. The van der Waals surface area contributed by atoms with Crippen LogP contribution in [0.25, 0.3) is 0 Å². The van der Waals surface area contributed by atoms with E-state index in [1.165, 1.54) is 0 Å². The summed E-state index contributed by atoms with van der Waals surface area (Å²) >= 11 is 1.91. The number of hydrogen-bond acceptors (Lipinski definition) is 5. The van der Waals surface area contributed by atoms with E-state index in [-0.39, 0.29) is 12.5 Å². The zero-order chi connectivity index (χ0) is 15.2. The van der Waals surface area contributed by atoms with Crippen molar-refractivity contribution in [2.75, 3.05) is 32.1 Å². The summed E-state index contributed by atoms with van der Waals surface area (Å²) in [6.45, 7) is 2.63. The van der Waals surface area contributed by atoms with Gasteiger partial charge in [-0.25, -0.2) is 0 Å². The number of fused-ring (bicyclic) bond motifs is 1. The van der Waals surface area contributed by atoms with Crippen LogP contribution >= 0.6 is 11.8 Å². The Morgan fingerprint density at radius 1 is 1.23 bits per heavy atom. The SMILES string of the molecule is O=C(NCCSC1CCOCC1)C1COc2ccccc2O1. The molecule has 6 heteroatoms. The van der Waals surface area contributed by atoms with Gasteiger partial charge in [-0.1, -0.05) is 12.1 Å². The van der Waals surface area contributed by atoms with Crippen molar-refractivity contribution in [2.24, 2.45) is 0 Å². The summed E-state index contributed by atoms with van der Waals surface area (Å²) < 4.78 is 16.6. The molecule has 120 valence electrons. The van der Waals surface area contributed by atoms with Crippen LogP contribution in [0.2, 0.25) is 0 Å². The molecule has 0 saturated carbocycles. The van der Waals surface area contributed by atoms with Gasteiger partial charge in [0.1, 0.15) is 6.61 Å². The summed E-state index contributed by atoms with van der Waals surface area (Å²) in [6.07, 6.45) is 1.65. The second-order valence-corrected chi connectivity index (χ2v) is 6.75. The van der Waals surface area contributed by atoms with E-state index in [1.54, 1.807) is 0 Å². The van der Waals surface area contributed by atoms with Gasteiger partial charge in [0.25, 0.3) is 5.91 Å². The van der Waals surface area contributed by atoms with Crippen LogP contribution in [0.15, 0.2) is 24.3 Å². The first kappa shape index (κ1) is 15.5. The quantitative estimate of drug-likeness (QED) is 0.838. The van der Waals surface area contributed by atoms with Crippen LogP contribution in [0, 0.1) is 0 Å². The molecule has 0 radical (unpaired) electrons. The second-order valence-electron chi connectivity index (χ2n) is 5.34. The molecule has 1 unspecified atom stereocenters. The molecule has 1 aromatic rings. The van der Waals surface area contributed by atoms with Crippen molar-refractivity contribution in [1.29, 1.82) is 0 Å². The molecule has 2 aliphatic rings. The first-order valence-electron chi connectivity index (χ1n) is 7.68. The monoisotopic (exact) mass is 323 g/mol. The maximum Gasteiger partial charge on any atom is 0.264 e. The lowest BCUT2D eigenvalue weighted by Gasteiger charge is -2.25. The molecule has 1 aromatic carbocycles. The molecule has 0 spiro atoms. The highest BCUT2D eigenvalue weighted by atomic mass is 32.2. The van der Waals surface area contributed by atoms with Crippen molar-refractivity contribution < 1.29 is 19.0 Å². The number of hydrogen-bond donors (Lipinski definition) is 1. The zero-order valence-electron chi connectivity index (χ0n) is 12.5. The molecular formula is C16H21NO4S. The van der Waals surface area contributed by atoms with Gasteiger partial charge in [0, 0.05) is 30.8 Å². The molecule has 0 aromatic heterocycles. The van der Waals surface area contributed by atoms with Crippen molar-refractivity contribution in [1.82, 2.24) is 5.32 Å². The largest absolute Gasteiger partial charge is 0.485 e. The predicted molar refractivity (Wildman–Crippen MR) is 85.7 cm³/mol. The number of para-hydroxylation sites is 2. The molecule has 2 heterocycles. The zero-order valence-corrected chi connectivity index (χ0v) is 13.3. The number of carbonyl (C=O) groups is 1. The topological polar surface area (TPSA) is 56.8 Å². The standard InChI is InChI=1S/C16H21NO4S/c18-16(17-7-10-22-12-5-8-19-9-6-12)15-11-20-13-3-1-2-4-14(13)21-15/h1-4,12,15H,5-11H2,(H,17,18). The van der Waals surface area contributed by atoms with Crippen molar-refractivity contribution >= 4 is 17.7 Å². The molecule has 22 heavy (non-hydrogen) atoms. The van der Waals surface area contributed by atoms with Crippen molar-refractivity contribution in [3.8, 4) is 11.5 Å². The molecule has 0 aliphatic carbocycles. The molecule has 5 nitrogen and oxygen atoms in total. The average Bonchev–Trinajstić information content (AvgIpc) is 2.59. The van der Waals surface area contributed by atoms with Crippen LogP contribution in [0.3, 0.4) is 0 Å². The first-order valence-corrected chi connectivity index (χ1v) is 8.73. The van der Waals surface area contributed by atoms with Gasteiger partial charge in [0.15, 0.2) is 11.5 Å². The van der Waals surface area contributed by atoms with Gasteiger partial charge in [0.2, 0.25) is 6.10 Å². The van der Waals surface area contributed by atoms with E-state index >= 15 is 0 Å². The summed E-state index contributed by atoms with van der Waals surface area (Å²) in [6, 6.07) is 7.41. The molecule has 1 fully saturated rings. The summed E-state index contributed by atoms with van der Waals surface area (Å²) in [5.41, 5.74) is 0. The highest BCUT2D eigenvalue weighted by Gasteiger charge is 2.26. The molecule has 3 rings (SSSR count). The Bertz CT molecular complexity index is 505. The molecule has 1 saturated heterocycles. The third-order valence-corrected chi connectivity index (χ3v) is 5.11. The highest BCUT2D eigenvalue weighted by molar-refractivity contribution is 7.99. The number of rotatable bonds is 5. The maximum absolute atomic E-state index is 12.1. The predicted octanol–water partition coefficient (Wildman–Crippen LogP) is 1.85. The van der Waals surface area contributed by atoms with Gasteiger partial charge in [-0.05, 0) is 25.0 Å². The Hall–Kier alpha value is -1.40. The Morgan fingerprint density at radius 2 is 2.00 bits per heavy atom. The highest BCUT2D eigenvalue weighted by Crippen LogP contribution is 2.30. The Kier molecular flexibility index (Phi) is 5.45. The lowest BCUT2D eigenvalue weighted by molar-refractivity contribution is -0.130. The minimum absolute atomic E-state index is 0.109. The van der Waals surface area contributed by atoms with Gasteiger partial charge in [-0.3, -0.25) is 4.79 Å². The summed E-state index contributed by atoms with van der Waals surface area (Å²) in [5.74, 6) is 2.13. The third-order valence-electron chi connectivity index (χ3n) is 3.72. The Balaban J connectivity index is 1.37. The number of carbonyl (C=O) groups excluding carboxylic acids is 1. The van der Waals surface area contributed by atoms with Gasteiger partial charge in [-0.15, -0.1) is 0 Å². The van der Waals surface area contributed by atoms with Crippen LogP contribution in [-0.2, 0) is 9.53 Å². The van der Waals surface area contributed by atoms with Crippen LogP contribution in [0.4, 0.5) is 0 Å². The van der Waals surface area contributed by atoms with Crippen LogP contribution < -0.4 is 14.8 Å². The third kappa shape index (κ3) is 4.08. The van der Waals surface area contributed by atoms with E-state index < -0.39 is 6.10 Å². The van der Waals surface area contributed by atoms with E-state index in [9.17, 15) is 4.79 Å². The Labute approximate surface area is 134 Å². The van der Waals surface area contributed by atoms with E-state index in [0.717, 1.165) is 31.8 Å². The van der Waals surface area contributed by atoms with Crippen LogP contribution in [-0.4, -0.2) is 49.4 Å². The average molecular weight is 323 g/mol. The number of amides is 1. The molecule has 0 bridgehead atoms. The molecule has 1 N–H and O–H groups in total. The van der Waals surface area contributed by atoms with Crippen LogP contribution in [0.1, 0.15) is 12.8 Å². The van der Waals surface area contributed by atoms with Gasteiger partial charge in [0.05, 0.1) is 0 Å².